The molecule has 0 atom stereocenters. The van der Waals surface area contributed by atoms with E-state index in [-0.39, 0.29) is 5.91 Å². The molecule has 1 aromatic heterocycles. The molecule has 1 aliphatic rings. The van der Waals surface area contributed by atoms with E-state index >= 15 is 0 Å². The Labute approximate surface area is 106 Å². The number of amides is 1. The van der Waals surface area contributed by atoms with E-state index in [2.05, 4.69) is 16.4 Å². The molecule has 92 valence electrons. The van der Waals surface area contributed by atoms with Crippen molar-refractivity contribution >= 4 is 12.0 Å². The summed E-state index contributed by atoms with van der Waals surface area (Å²) in [4.78, 5) is 15.8. The quantitative estimate of drug-likeness (QED) is 0.823. The van der Waals surface area contributed by atoms with Crippen molar-refractivity contribution in [3.05, 3.63) is 36.2 Å². The van der Waals surface area contributed by atoms with Crippen molar-refractivity contribution in [2.24, 2.45) is 0 Å². The van der Waals surface area contributed by atoms with Gasteiger partial charge in [-0.2, -0.15) is 5.26 Å². The largest absolute Gasteiger partial charge is 0.334 e. The van der Waals surface area contributed by atoms with Crippen LogP contribution < -0.4 is 5.32 Å². The SMILES string of the molecule is N#CC1(NC(=O)C=Cc2ccccn2)CCCC1. The second kappa shape index (κ2) is 5.46. The summed E-state index contributed by atoms with van der Waals surface area (Å²) >= 11 is 0. The summed E-state index contributed by atoms with van der Waals surface area (Å²) in [5, 5.41) is 11.9. The molecule has 0 radical (unpaired) electrons. The first-order valence-corrected chi connectivity index (χ1v) is 6.07. The molecule has 4 heteroatoms. The normalized spacial score (nSPS) is 17.5. The Balaban J connectivity index is 1.97. The molecular weight excluding hydrogens is 226 g/mol. The van der Waals surface area contributed by atoms with Crippen molar-refractivity contribution in [3.8, 4) is 6.07 Å². The predicted octanol–water partition coefficient (Wildman–Crippen LogP) is 2.05. The number of aromatic nitrogens is 1. The molecule has 1 fully saturated rings. The molecular formula is C14H15N3O. The minimum Gasteiger partial charge on any atom is -0.334 e. The van der Waals surface area contributed by atoms with Gasteiger partial charge in [-0.15, -0.1) is 0 Å². The summed E-state index contributed by atoms with van der Waals surface area (Å²) in [6, 6.07) is 7.72. The van der Waals surface area contributed by atoms with Gasteiger partial charge in [0, 0.05) is 12.3 Å². The number of nitriles is 1. The summed E-state index contributed by atoms with van der Waals surface area (Å²) in [6.07, 6.45) is 8.23. The summed E-state index contributed by atoms with van der Waals surface area (Å²) < 4.78 is 0. The van der Waals surface area contributed by atoms with Gasteiger partial charge in [0.2, 0.25) is 5.91 Å². The first-order chi connectivity index (χ1) is 8.74. The van der Waals surface area contributed by atoms with Crippen LogP contribution in [0.5, 0.6) is 0 Å². The fourth-order valence-electron chi connectivity index (χ4n) is 2.16. The molecule has 0 bridgehead atoms. The highest BCUT2D eigenvalue weighted by Crippen LogP contribution is 2.28. The van der Waals surface area contributed by atoms with Crippen LogP contribution in [-0.2, 0) is 4.79 Å². The average Bonchev–Trinajstić information content (AvgIpc) is 2.87. The van der Waals surface area contributed by atoms with Crippen LogP contribution >= 0.6 is 0 Å². The average molecular weight is 241 g/mol. The van der Waals surface area contributed by atoms with Gasteiger partial charge in [0.25, 0.3) is 0 Å². The van der Waals surface area contributed by atoms with E-state index in [1.54, 1.807) is 12.3 Å². The molecule has 4 nitrogen and oxygen atoms in total. The molecule has 1 aliphatic carbocycles. The van der Waals surface area contributed by atoms with Gasteiger partial charge in [-0.25, -0.2) is 0 Å². The van der Waals surface area contributed by atoms with Gasteiger partial charge >= 0.3 is 0 Å². The predicted molar refractivity (Wildman–Crippen MR) is 68.2 cm³/mol. The third-order valence-corrected chi connectivity index (χ3v) is 3.13. The molecule has 1 N–H and O–H groups in total. The lowest BCUT2D eigenvalue weighted by Gasteiger charge is -2.20. The van der Waals surface area contributed by atoms with Gasteiger partial charge in [-0.05, 0) is 43.9 Å². The Kier molecular flexibility index (Phi) is 3.73. The number of hydrogen-bond donors (Lipinski definition) is 1. The van der Waals surface area contributed by atoms with Crippen LogP contribution in [0.25, 0.3) is 6.08 Å². The van der Waals surface area contributed by atoms with Crippen molar-refractivity contribution in [3.63, 3.8) is 0 Å². The lowest BCUT2D eigenvalue weighted by atomic mass is 10.00. The maximum Gasteiger partial charge on any atom is 0.245 e. The van der Waals surface area contributed by atoms with E-state index < -0.39 is 5.54 Å². The minimum absolute atomic E-state index is 0.232. The van der Waals surface area contributed by atoms with E-state index in [9.17, 15) is 4.79 Å². The molecule has 2 rings (SSSR count). The Morgan fingerprint density at radius 1 is 1.44 bits per heavy atom. The smallest absolute Gasteiger partial charge is 0.245 e. The zero-order valence-corrected chi connectivity index (χ0v) is 10.1. The number of nitrogens with zero attached hydrogens (tertiary/aromatic N) is 2. The van der Waals surface area contributed by atoms with E-state index in [0.29, 0.717) is 0 Å². The van der Waals surface area contributed by atoms with Gasteiger partial charge in [-0.1, -0.05) is 6.07 Å². The number of pyridine rings is 1. The molecule has 0 unspecified atom stereocenters. The second-order valence-corrected chi connectivity index (χ2v) is 4.48. The van der Waals surface area contributed by atoms with Crippen LogP contribution in [0.4, 0.5) is 0 Å². The molecule has 1 amide bonds. The number of carbonyl (C=O) groups is 1. The van der Waals surface area contributed by atoms with Crippen molar-refractivity contribution in [2.75, 3.05) is 0 Å². The van der Waals surface area contributed by atoms with Crippen molar-refractivity contribution in [1.29, 1.82) is 5.26 Å². The number of rotatable bonds is 3. The summed E-state index contributed by atoms with van der Waals surface area (Å²) in [7, 11) is 0. The minimum atomic E-state index is -0.661. The Morgan fingerprint density at radius 2 is 2.22 bits per heavy atom. The van der Waals surface area contributed by atoms with E-state index in [1.807, 2.05) is 18.2 Å². The van der Waals surface area contributed by atoms with E-state index in [0.717, 1.165) is 31.4 Å². The molecule has 1 saturated carbocycles. The number of carbonyl (C=O) groups excluding carboxylic acids is 1. The lowest BCUT2D eigenvalue weighted by Crippen LogP contribution is -2.44. The van der Waals surface area contributed by atoms with Gasteiger partial charge in [-0.3, -0.25) is 9.78 Å². The molecule has 0 aliphatic heterocycles. The van der Waals surface area contributed by atoms with E-state index in [1.165, 1.54) is 6.08 Å². The van der Waals surface area contributed by atoms with Gasteiger partial charge in [0.05, 0.1) is 11.8 Å². The second-order valence-electron chi connectivity index (χ2n) is 4.48. The Morgan fingerprint density at radius 3 is 2.83 bits per heavy atom. The van der Waals surface area contributed by atoms with Gasteiger partial charge < -0.3 is 5.32 Å². The molecule has 0 saturated heterocycles. The summed E-state index contributed by atoms with van der Waals surface area (Å²) in [5.41, 5.74) is 0.0658. The standard InChI is InChI=1S/C14H15N3O/c15-11-14(8-2-3-9-14)17-13(18)7-6-12-5-1-4-10-16-12/h1,4-7,10H,2-3,8-9H2,(H,17,18). The zero-order chi connectivity index (χ0) is 12.8. The molecule has 1 heterocycles. The third kappa shape index (κ3) is 2.95. The molecule has 0 spiro atoms. The van der Waals surface area contributed by atoms with Gasteiger partial charge in [0.15, 0.2) is 0 Å². The van der Waals surface area contributed by atoms with Crippen LogP contribution in [0.15, 0.2) is 30.5 Å². The number of hydrogen-bond acceptors (Lipinski definition) is 3. The van der Waals surface area contributed by atoms with Crippen LogP contribution in [0, 0.1) is 11.3 Å². The highest BCUT2D eigenvalue weighted by molar-refractivity contribution is 5.92. The van der Waals surface area contributed by atoms with Crippen LogP contribution in [0.2, 0.25) is 0 Å². The Hall–Kier alpha value is -2.15. The topological polar surface area (TPSA) is 65.8 Å². The molecule has 1 aromatic rings. The van der Waals surface area contributed by atoms with Crippen LogP contribution in [0.3, 0.4) is 0 Å². The zero-order valence-electron chi connectivity index (χ0n) is 10.1. The highest BCUT2D eigenvalue weighted by atomic mass is 16.1. The molecule has 18 heavy (non-hydrogen) atoms. The van der Waals surface area contributed by atoms with E-state index in [4.69, 9.17) is 5.26 Å². The first kappa shape index (κ1) is 12.3. The maximum absolute atomic E-state index is 11.8. The fourth-order valence-corrected chi connectivity index (χ4v) is 2.16. The highest BCUT2D eigenvalue weighted by Gasteiger charge is 2.34. The van der Waals surface area contributed by atoms with Crippen molar-refractivity contribution in [1.82, 2.24) is 10.3 Å². The van der Waals surface area contributed by atoms with Crippen LogP contribution in [-0.4, -0.2) is 16.4 Å². The lowest BCUT2D eigenvalue weighted by molar-refractivity contribution is -0.117. The van der Waals surface area contributed by atoms with Crippen molar-refractivity contribution in [2.45, 2.75) is 31.2 Å². The third-order valence-electron chi connectivity index (χ3n) is 3.13. The summed E-state index contributed by atoms with van der Waals surface area (Å²) in [5.74, 6) is -0.232. The Bertz CT molecular complexity index is 482. The van der Waals surface area contributed by atoms with Crippen molar-refractivity contribution < 1.29 is 4.79 Å². The molecule has 0 aromatic carbocycles. The summed E-state index contributed by atoms with van der Waals surface area (Å²) in [6.45, 7) is 0. The monoisotopic (exact) mass is 241 g/mol. The number of nitrogens with one attached hydrogen (secondary N) is 1. The first-order valence-electron chi connectivity index (χ1n) is 6.07. The fraction of sp³-hybridized carbons (Fsp3) is 0.357. The van der Waals surface area contributed by atoms with Gasteiger partial charge in [0.1, 0.15) is 5.54 Å². The van der Waals surface area contributed by atoms with Crippen LogP contribution in [0.1, 0.15) is 31.4 Å². The maximum atomic E-state index is 11.8.